The third-order valence-electron chi connectivity index (χ3n) is 2.77. The third-order valence-corrected chi connectivity index (χ3v) is 2.77. The van der Waals surface area contributed by atoms with Gasteiger partial charge in [0.2, 0.25) is 0 Å². The van der Waals surface area contributed by atoms with Gasteiger partial charge >= 0.3 is 0 Å². The van der Waals surface area contributed by atoms with Crippen LogP contribution in [0.2, 0.25) is 0 Å². The van der Waals surface area contributed by atoms with Crippen molar-refractivity contribution in [2.24, 2.45) is 11.7 Å². The highest BCUT2D eigenvalue weighted by atomic mass is 16.3. The molecule has 13 heavy (non-hydrogen) atoms. The molecule has 0 aromatic heterocycles. The van der Waals surface area contributed by atoms with Gasteiger partial charge in [-0.2, -0.15) is 0 Å². The maximum absolute atomic E-state index is 8.66. The van der Waals surface area contributed by atoms with Gasteiger partial charge in [0.15, 0.2) is 0 Å². The number of nitrogens with two attached hydrogens (primary N) is 1. The maximum atomic E-state index is 8.66. The Morgan fingerprint density at radius 2 is 2.23 bits per heavy atom. The molecule has 0 radical (unpaired) electrons. The van der Waals surface area contributed by atoms with Crippen LogP contribution >= 0.6 is 0 Å². The van der Waals surface area contributed by atoms with Crippen LogP contribution in [0.3, 0.4) is 0 Å². The van der Waals surface area contributed by atoms with Gasteiger partial charge in [-0.15, -0.1) is 0 Å². The van der Waals surface area contributed by atoms with Gasteiger partial charge in [0.05, 0.1) is 0 Å². The zero-order valence-corrected chi connectivity index (χ0v) is 8.55. The van der Waals surface area contributed by atoms with Crippen molar-refractivity contribution in [3.8, 4) is 0 Å². The second-order valence-electron chi connectivity index (χ2n) is 4.42. The van der Waals surface area contributed by atoms with Gasteiger partial charge in [-0.05, 0) is 32.2 Å². The highest BCUT2D eigenvalue weighted by Gasteiger charge is 2.31. The molecule has 1 atom stereocenters. The summed E-state index contributed by atoms with van der Waals surface area (Å²) < 4.78 is 0. The number of aliphatic hydroxyl groups excluding tert-OH is 1. The van der Waals surface area contributed by atoms with E-state index < -0.39 is 0 Å². The van der Waals surface area contributed by atoms with Crippen molar-refractivity contribution in [2.45, 2.75) is 38.1 Å². The summed E-state index contributed by atoms with van der Waals surface area (Å²) in [5, 5.41) is 12.1. The van der Waals surface area contributed by atoms with Crippen molar-refractivity contribution >= 4 is 0 Å². The fraction of sp³-hybridized carbons (Fsp3) is 1.00. The molecular formula is C10H22N2O. The van der Waals surface area contributed by atoms with Crippen molar-refractivity contribution < 1.29 is 5.11 Å². The Morgan fingerprint density at radius 1 is 1.54 bits per heavy atom. The van der Waals surface area contributed by atoms with Gasteiger partial charge in [0.1, 0.15) is 0 Å². The molecule has 3 nitrogen and oxygen atoms in total. The van der Waals surface area contributed by atoms with Crippen molar-refractivity contribution in [2.75, 3.05) is 19.7 Å². The normalized spacial score (nSPS) is 21.5. The second-order valence-corrected chi connectivity index (χ2v) is 4.42. The lowest BCUT2D eigenvalue weighted by Gasteiger charge is -2.29. The van der Waals surface area contributed by atoms with E-state index in [-0.39, 0.29) is 12.1 Å². The minimum Gasteiger partial charge on any atom is -0.396 e. The van der Waals surface area contributed by atoms with Gasteiger partial charge in [-0.3, -0.25) is 0 Å². The van der Waals surface area contributed by atoms with Crippen LogP contribution in [0.15, 0.2) is 0 Å². The Hall–Kier alpha value is -0.120. The average molecular weight is 186 g/mol. The minimum absolute atomic E-state index is 0.0936. The van der Waals surface area contributed by atoms with E-state index in [1.807, 2.05) is 0 Å². The van der Waals surface area contributed by atoms with E-state index in [1.54, 1.807) is 0 Å². The molecule has 0 aliphatic heterocycles. The van der Waals surface area contributed by atoms with Gasteiger partial charge in [0, 0.05) is 18.7 Å². The lowest BCUT2D eigenvalue weighted by molar-refractivity contribution is 0.265. The molecule has 0 bridgehead atoms. The zero-order valence-electron chi connectivity index (χ0n) is 8.55. The summed E-state index contributed by atoms with van der Waals surface area (Å²) in [5.74, 6) is 0.898. The Labute approximate surface area is 80.7 Å². The molecular weight excluding hydrogens is 164 g/mol. The molecule has 1 fully saturated rings. The molecule has 0 saturated heterocycles. The van der Waals surface area contributed by atoms with E-state index >= 15 is 0 Å². The number of nitrogens with one attached hydrogen (secondary N) is 1. The molecule has 1 rings (SSSR count). The SMILES string of the molecule is CC(CN)(CC1CC1)NCCCO. The van der Waals surface area contributed by atoms with Crippen LogP contribution < -0.4 is 11.1 Å². The highest BCUT2D eigenvalue weighted by molar-refractivity contribution is 4.90. The Balaban J connectivity index is 2.20. The van der Waals surface area contributed by atoms with Crippen molar-refractivity contribution in [3.05, 3.63) is 0 Å². The summed E-state index contributed by atoms with van der Waals surface area (Å²) in [7, 11) is 0. The first-order valence-corrected chi connectivity index (χ1v) is 5.26. The fourth-order valence-electron chi connectivity index (χ4n) is 1.66. The Morgan fingerprint density at radius 3 is 2.69 bits per heavy atom. The van der Waals surface area contributed by atoms with Crippen LogP contribution in [0.25, 0.3) is 0 Å². The quantitative estimate of drug-likeness (QED) is 0.507. The number of hydrogen-bond donors (Lipinski definition) is 3. The van der Waals surface area contributed by atoms with E-state index in [1.165, 1.54) is 19.3 Å². The number of hydrogen-bond acceptors (Lipinski definition) is 3. The van der Waals surface area contributed by atoms with Crippen molar-refractivity contribution in [1.29, 1.82) is 0 Å². The molecule has 0 aromatic carbocycles. The van der Waals surface area contributed by atoms with E-state index in [4.69, 9.17) is 10.8 Å². The van der Waals surface area contributed by atoms with E-state index in [0.29, 0.717) is 6.54 Å². The molecule has 78 valence electrons. The molecule has 1 saturated carbocycles. The lowest BCUT2D eigenvalue weighted by Crippen LogP contribution is -2.49. The maximum Gasteiger partial charge on any atom is 0.0443 e. The molecule has 0 heterocycles. The highest BCUT2D eigenvalue weighted by Crippen LogP contribution is 2.36. The van der Waals surface area contributed by atoms with Crippen LogP contribution in [0.5, 0.6) is 0 Å². The largest absolute Gasteiger partial charge is 0.396 e. The summed E-state index contributed by atoms with van der Waals surface area (Å²) in [5.41, 5.74) is 5.83. The minimum atomic E-state index is 0.0936. The summed E-state index contributed by atoms with van der Waals surface area (Å²) >= 11 is 0. The van der Waals surface area contributed by atoms with Crippen LogP contribution in [0.1, 0.15) is 32.6 Å². The molecule has 1 unspecified atom stereocenters. The van der Waals surface area contributed by atoms with Crippen molar-refractivity contribution in [1.82, 2.24) is 5.32 Å². The van der Waals surface area contributed by atoms with Crippen LogP contribution in [0, 0.1) is 5.92 Å². The van der Waals surface area contributed by atoms with Crippen LogP contribution in [0.4, 0.5) is 0 Å². The van der Waals surface area contributed by atoms with Crippen LogP contribution in [-0.2, 0) is 0 Å². The first-order chi connectivity index (χ1) is 6.20. The monoisotopic (exact) mass is 186 g/mol. The van der Waals surface area contributed by atoms with Gasteiger partial charge in [-0.25, -0.2) is 0 Å². The second kappa shape index (κ2) is 4.94. The summed E-state index contributed by atoms with van der Waals surface area (Å²) in [6.45, 7) is 4.01. The molecule has 3 heteroatoms. The smallest absolute Gasteiger partial charge is 0.0443 e. The van der Waals surface area contributed by atoms with Gasteiger partial charge in [-0.1, -0.05) is 12.8 Å². The molecule has 0 spiro atoms. The summed E-state index contributed by atoms with van der Waals surface area (Å²) in [4.78, 5) is 0. The summed E-state index contributed by atoms with van der Waals surface area (Å²) in [6.07, 6.45) is 4.75. The summed E-state index contributed by atoms with van der Waals surface area (Å²) in [6, 6.07) is 0. The first-order valence-electron chi connectivity index (χ1n) is 5.26. The molecule has 0 aromatic rings. The lowest BCUT2D eigenvalue weighted by atomic mass is 9.95. The zero-order chi connectivity index (χ0) is 9.73. The van der Waals surface area contributed by atoms with Gasteiger partial charge < -0.3 is 16.2 Å². The Kier molecular flexibility index (Phi) is 4.16. The van der Waals surface area contributed by atoms with E-state index in [2.05, 4.69) is 12.2 Å². The third kappa shape index (κ3) is 4.07. The van der Waals surface area contributed by atoms with E-state index in [9.17, 15) is 0 Å². The van der Waals surface area contributed by atoms with Crippen molar-refractivity contribution in [3.63, 3.8) is 0 Å². The van der Waals surface area contributed by atoms with E-state index in [0.717, 1.165) is 18.9 Å². The predicted octanol–water partition coefficient (Wildman–Crippen LogP) is 0.476. The van der Waals surface area contributed by atoms with Gasteiger partial charge in [0.25, 0.3) is 0 Å². The van der Waals surface area contributed by atoms with Crippen LogP contribution in [-0.4, -0.2) is 30.3 Å². The molecule has 1 aliphatic rings. The first kappa shape index (κ1) is 11.0. The standard InChI is InChI=1S/C10H22N2O/c1-10(8-11,7-9-3-4-9)12-5-2-6-13/h9,12-13H,2-8,11H2,1H3. The fourth-order valence-corrected chi connectivity index (χ4v) is 1.66. The average Bonchev–Trinajstić information content (AvgIpc) is 2.89. The Bertz CT molecular complexity index is 148. The molecule has 1 aliphatic carbocycles. The molecule has 4 N–H and O–H groups in total. The number of rotatable bonds is 7. The molecule has 0 amide bonds. The number of aliphatic hydroxyl groups is 1. The predicted molar refractivity (Wildman–Crippen MR) is 54.5 cm³/mol. The topological polar surface area (TPSA) is 58.3 Å².